The van der Waals surface area contributed by atoms with Gasteiger partial charge in [0.2, 0.25) is 0 Å². The molecule has 0 saturated carbocycles. The fraction of sp³-hybridized carbons (Fsp3) is 0.250. The van der Waals surface area contributed by atoms with Gasteiger partial charge in [0.15, 0.2) is 0 Å². The van der Waals surface area contributed by atoms with E-state index in [0.717, 1.165) is 0 Å². The maximum absolute atomic E-state index is 10.4. The standard InChI is InChI=1S/C7H8ClNO.CH3F/c1-3-6(7(8)10)5-9-4-2;1-2/h3-5H,1H2,2H3;1H3/b6-5+,9-4?;. The molecular formula is C8H11ClFNO. The van der Waals surface area contributed by atoms with Gasteiger partial charge in [0.25, 0.3) is 5.24 Å². The summed E-state index contributed by atoms with van der Waals surface area (Å²) in [6.45, 7) is 5.13. The van der Waals surface area contributed by atoms with Crippen LogP contribution >= 0.6 is 11.6 Å². The highest BCUT2D eigenvalue weighted by molar-refractivity contribution is 6.68. The molecule has 0 saturated heterocycles. The van der Waals surface area contributed by atoms with Crippen molar-refractivity contribution in [3.8, 4) is 0 Å². The van der Waals surface area contributed by atoms with Crippen LogP contribution in [0.3, 0.4) is 0 Å². The predicted octanol–water partition coefficient (Wildman–Crippen LogP) is 2.50. The number of hydrogen-bond donors (Lipinski definition) is 0. The van der Waals surface area contributed by atoms with Crippen molar-refractivity contribution >= 4 is 23.1 Å². The van der Waals surface area contributed by atoms with E-state index in [9.17, 15) is 9.18 Å². The van der Waals surface area contributed by atoms with E-state index in [2.05, 4.69) is 11.6 Å². The van der Waals surface area contributed by atoms with Gasteiger partial charge in [-0.15, -0.1) is 0 Å². The SMILES string of the molecule is C=C/C(=C\N=CC)C(=O)Cl.CF. The zero-order valence-electron chi connectivity index (χ0n) is 7.05. The molecule has 0 aromatic heterocycles. The first-order chi connectivity index (χ1) is 5.72. The van der Waals surface area contributed by atoms with Gasteiger partial charge < -0.3 is 0 Å². The molecule has 0 fully saturated rings. The van der Waals surface area contributed by atoms with Crippen molar-refractivity contribution in [2.24, 2.45) is 4.99 Å². The van der Waals surface area contributed by atoms with Crippen LogP contribution in [0, 0.1) is 0 Å². The molecule has 0 amide bonds. The minimum atomic E-state index is -0.541. The van der Waals surface area contributed by atoms with E-state index in [-0.39, 0.29) is 0 Å². The molecule has 0 aliphatic heterocycles. The second-order valence-corrected chi connectivity index (χ2v) is 1.81. The molecular weight excluding hydrogens is 181 g/mol. The molecule has 4 heteroatoms. The lowest BCUT2D eigenvalue weighted by atomic mass is 10.3. The number of nitrogens with zero attached hydrogens (tertiary/aromatic N) is 1. The lowest BCUT2D eigenvalue weighted by molar-refractivity contribution is -0.108. The van der Waals surface area contributed by atoms with Crippen molar-refractivity contribution in [3.05, 3.63) is 24.4 Å². The van der Waals surface area contributed by atoms with Crippen LogP contribution < -0.4 is 0 Å². The van der Waals surface area contributed by atoms with Gasteiger partial charge in [-0.3, -0.25) is 14.2 Å². The molecule has 0 aromatic rings. The Morgan fingerprint density at radius 2 is 2.08 bits per heavy atom. The Bertz CT molecular complexity index is 199. The number of alkyl halides is 1. The number of carbonyl (C=O) groups excluding carboxylic acids is 1. The molecule has 0 bridgehead atoms. The summed E-state index contributed by atoms with van der Waals surface area (Å²) < 4.78 is 9.50. The average Bonchev–Trinajstić information content (AvgIpc) is 2.09. The van der Waals surface area contributed by atoms with Crippen LogP contribution in [0.2, 0.25) is 0 Å². The number of aliphatic imine (C=N–C) groups is 1. The van der Waals surface area contributed by atoms with Crippen LogP contribution in [0.25, 0.3) is 0 Å². The predicted molar refractivity (Wildman–Crippen MR) is 50.3 cm³/mol. The third-order valence-corrected chi connectivity index (χ3v) is 1.03. The van der Waals surface area contributed by atoms with Crippen LogP contribution in [0.15, 0.2) is 29.4 Å². The Kier molecular flexibility index (Phi) is 11.4. The molecule has 0 unspecified atom stereocenters. The van der Waals surface area contributed by atoms with Crippen LogP contribution in [-0.4, -0.2) is 18.6 Å². The normalized spacial score (nSPS) is 10.5. The molecule has 12 heavy (non-hydrogen) atoms. The van der Waals surface area contributed by atoms with E-state index in [1.807, 2.05) is 0 Å². The number of rotatable bonds is 3. The maximum atomic E-state index is 10.4. The van der Waals surface area contributed by atoms with E-state index in [0.29, 0.717) is 12.8 Å². The highest BCUT2D eigenvalue weighted by Gasteiger charge is 1.97. The van der Waals surface area contributed by atoms with E-state index in [1.54, 1.807) is 13.1 Å². The van der Waals surface area contributed by atoms with Crippen molar-refractivity contribution in [3.63, 3.8) is 0 Å². The van der Waals surface area contributed by atoms with Gasteiger partial charge in [0.1, 0.15) is 0 Å². The Balaban J connectivity index is 0. The van der Waals surface area contributed by atoms with Crippen molar-refractivity contribution in [1.82, 2.24) is 0 Å². The number of halogens is 2. The molecule has 68 valence electrons. The molecule has 0 spiro atoms. The minimum absolute atomic E-state index is 0.305. The zero-order valence-corrected chi connectivity index (χ0v) is 7.81. The minimum Gasteiger partial charge on any atom is -0.276 e. The summed E-state index contributed by atoms with van der Waals surface area (Å²) in [5.74, 6) is 0. The van der Waals surface area contributed by atoms with E-state index >= 15 is 0 Å². The smallest absolute Gasteiger partial charge is 0.253 e. The zero-order chi connectivity index (χ0) is 9.98. The first-order valence-corrected chi connectivity index (χ1v) is 3.48. The Hall–Kier alpha value is -0.960. The monoisotopic (exact) mass is 191 g/mol. The van der Waals surface area contributed by atoms with Gasteiger partial charge in [-0.25, -0.2) is 0 Å². The molecule has 0 N–H and O–H groups in total. The second kappa shape index (κ2) is 10.0. The first-order valence-electron chi connectivity index (χ1n) is 3.10. The summed E-state index contributed by atoms with van der Waals surface area (Å²) in [7, 11) is 0.500. The van der Waals surface area contributed by atoms with Crippen molar-refractivity contribution in [2.45, 2.75) is 6.92 Å². The summed E-state index contributed by atoms with van der Waals surface area (Å²) in [4.78, 5) is 14.1. The molecule has 0 rings (SSSR count). The van der Waals surface area contributed by atoms with E-state index < -0.39 is 5.24 Å². The second-order valence-electron chi connectivity index (χ2n) is 1.47. The summed E-state index contributed by atoms with van der Waals surface area (Å²) >= 11 is 5.13. The quantitative estimate of drug-likeness (QED) is 0.292. The fourth-order valence-electron chi connectivity index (χ4n) is 0.339. The third-order valence-electron chi connectivity index (χ3n) is 0.810. The van der Waals surface area contributed by atoms with Crippen LogP contribution in [0.4, 0.5) is 4.39 Å². The van der Waals surface area contributed by atoms with Gasteiger partial charge in [0, 0.05) is 12.4 Å². The number of hydrogen-bond acceptors (Lipinski definition) is 2. The summed E-state index contributed by atoms with van der Waals surface area (Å²) in [5, 5.41) is -0.541. The molecule has 0 aliphatic carbocycles. The molecule has 2 nitrogen and oxygen atoms in total. The third kappa shape index (κ3) is 7.15. The van der Waals surface area contributed by atoms with Crippen LogP contribution in [-0.2, 0) is 4.79 Å². The molecule has 0 heterocycles. The molecule has 0 aliphatic rings. The van der Waals surface area contributed by atoms with Crippen LogP contribution in [0.5, 0.6) is 0 Å². The molecule has 0 atom stereocenters. The summed E-state index contributed by atoms with van der Waals surface area (Å²) in [6.07, 6.45) is 4.29. The van der Waals surface area contributed by atoms with Crippen LogP contribution in [0.1, 0.15) is 6.92 Å². The Labute approximate surface area is 76.4 Å². The fourth-order valence-corrected chi connectivity index (χ4v) is 0.464. The highest BCUT2D eigenvalue weighted by atomic mass is 35.5. The largest absolute Gasteiger partial charge is 0.276 e. The van der Waals surface area contributed by atoms with E-state index in [4.69, 9.17) is 11.6 Å². The lowest BCUT2D eigenvalue weighted by Crippen LogP contribution is -1.87. The summed E-state index contributed by atoms with van der Waals surface area (Å²) in [5.41, 5.74) is 0.305. The van der Waals surface area contributed by atoms with Crippen molar-refractivity contribution < 1.29 is 9.18 Å². The molecule has 0 radical (unpaired) electrons. The maximum Gasteiger partial charge on any atom is 0.253 e. The van der Waals surface area contributed by atoms with Gasteiger partial charge >= 0.3 is 0 Å². The lowest BCUT2D eigenvalue weighted by Gasteiger charge is -1.86. The first kappa shape index (κ1) is 13.6. The van der Waals surface area contributed by atoms with Gasteiger partial charge in [0.05, 0.1) is 12.8 Å². The van der Waals surface area contributed by atoms with Gasteiger partial charge in [-0.2, -0.15) is 0 Å². The summed E-state index contributed by atoms with van der Waals surface area (Å²) in [6, 6.07) is 0. The van der Waals surface area contributed by atoms with Gasteiger partial charge in [-0.05, 0) is 18.5 Å². The number of carbonyl (C=O) groups is 1. The Morgan fingerprint density at radius 1 is 1.58 bits per heavy atom. The average molecular weight is 192 g/mol. The highest BCUT2D eigenvalue weighted by Crippen LogP contribution is 2.00. The van der Waals surface area contributed by atoms with E-state index in [1.165, 1.54) is 12.3 Å². The van der Waals surface area contributed by atoms with Gasteiger partial charge in [-0.1, -0.05) is 12.7 Å². The molecule has 0 aromatic carbocycles. The van der Waals surface area contributed by atoms with Crippen molar-refractivity contribution in [2.75, 3.05) is 7.18 Å². The topological polar surface area (TPSA) is 29.4 Å². The number of allylic oxidation sites excluding steroid dienone is 2. The van der Waals surface area contributed by atoms with Crippen molar-refractivity contribution in [1.29, 1.82) is 0 Å². The Morgan fingerprint density at radius 3 is 2.33 bits per heavy atom.